The molecule has 4 heterocycles. The van der Waals surface area contributed by atoms with Crippen molar-refractivity contribution in [2.24, 2.45) is 0 Å². The van der Waals surface area contributed by atoms with Crippen molar-refractivity contribution in [3.63, 3.8) is 0 Å². The number of rotatable bonds is 4. The number of aryl methyl sites for hydroxylation is 1. The Labute approximate surface area is 140 Å². The van der Waals surface area contributed by atoms with E-state index in [0.29, 0.717) is 18.5 Å². The molecule has 2 fully saturated rings. The molecule has 0 spiro atoms. The summed E-state index contributed by atoms with van der Waals surface area (Å²) in [5.74, 6) is 2.28. The standard InChI is InChI=1S/C18H22N2O2S/c1-13-2-3-15(22-13)11-19-7-4-17-16(19)5-8-20(17)18(21)10-14-6-9-23-12-14/h2-3,6,9,12,16-17H,4-5,7-8,10-11H2,1H3/t16-,17+/m0/s1. The zero-order valence-electron chi connectivity index (χ0n) is 13.4. The minimum absolute atomic E-state index is 0.284. The van der Waals surface area contributed by atoms with Crippen LogP contribution in [-0.4, -0.2) is 40.9 Å². The Kier molecular flexibility index (Phi) is 3.99. The average molecular weight is 330 g/mol. The molecule has 1 amide bonds. The van der Waals surface area contributed by atoms with Crippen LogP contribution in [0.2, 0.25) is 0 Å². The summed E-state index contributed by atoms with van der Waals surface area (Å²) in [4.78, 5) is 17.2. The molecule has 2 aliphatic heterocycles. The number of carbonyl (C=O) groups is 1. The monoisotopic (exact) mass is 330 g/mol. The molecule has 0 aliphatic carbocycles. The van der Waals surface area contributed by atoms with Gasteiger partial charge >= 0.3 is 0 Å². The van der Waals surface area contributed by atoms with Gasteiger partial charge in [0.05, 0.1) is 13.0 Å². The number of carbonyl (C=O) groups excluding carboxylic acids is 1. The van der Waals surface area contributed by atoms with Gasteiger partial charge in [0.2, 0.25) is 5.91 Å². The van der Waals surface area contributed by atoms with E-state index < -0.39 is 0 Å². The van der Waals surface area contributed by atoms with Gasteiger partial charge in [-0.3, -0.25) is 9.69 Å². The molecular weight excluding hydrogens is 308 g/mol. The normalized spacial score (nSPS) is 24.3. The van der Waals surface area contributed by atoms with Crippen LogP contribution in [0.15, 0.2) is 33.4 Å². The molecule has 5 heteroatoms. The molecule has 2 saturated heterocycles. The number of nitrogens with zero attached hydrogens (tertiary/aromatic N) is 2. The second kappa shape index (κ2) is 6.13. The van der Waals surface area contributed by atoms with Crippen LogP contribution in [0.4, 0.5) is 0 Å². The molecular formula is C18H22N2O2S. The number of fused-ring (bicyclic) bond motifs is 1. The summed E-state index contributed by atoms with van der Waals surface area (Å²) in [7, 11) is 0. The van der Waals surface area contributed by atoms with Crippen LogP contribution in [0.1, 0.15) is 29.9 Å². The van der Waals surface area contributed by atoms with Crippen LogP contribution < -0.4 is 0 Å². The highest BCUT2D eigenvalue weighted by atomic mass is 32.1. The number of thiophene rings is 1. The molecule has 0 unspecified atom stereocenters. The van der Waals surface area contributed by atoms with Crippen LogP contribution in [-0.2, 0) is 17.8 Å². The van der Waals surface area contributed by atoms with Gasteiger partial charge in [-0.1, -0.05) is 0 Å². The lowest BCUT2D eigenvalue weighted by atomic mass is 10.1. The molecule has 4 rings (SSSR count). The van der Waals surface area contributed by atoms with Crippen molar-refractivity contribution < 1.29 is 9.21 Å². The van der Waals surface area contributed by atoms with Crippen molar-refractivity contribution in [3.05, 3.63) is 46.0 Å². The zero-order valence-corrected chi connectivity index (χ0v) is 14.2. The number of hydrogen-bond donors (Lipinski definition) is 0. The summed E-state index contributed by atoms with van der Waals surface area (Å²) >= 11 is 1.66. The molecule has 0 N–H and O–H groups in total. The van der Waals surface area contributed by atoms with E-state index in [9.17, 15) is 4.79 Å². The first-order valence-corrected chi connectivity index (χ1v) is 9.25. The molecule has 2 aromatic heterocycles. The summed E-state index contributed by atoms with van der Waals surface area (Å²) in [5.41, 5.74) is 1.14. The Morgan fingerprint density at radius 3 is 2.87 bits per heavy atom. The van der Waals surface area contributed by atoms with Gasteiger partial charge < -0.3 is 9.32 Å². The lowest BCUT2D eigenvalue weighted by Gasteiger charge is -2.25. The smallest absolute Gasteiger partial charge is 0.227 e. The molecule has 0 aromatic carbocycles. The molecule has 2 aliphatic rings. The van der Waals surface area contributed by atoms with E-state index in [1.54, 1.807) is 11.3 Å². The lowest BCUT2D eigenvalue weighted by molar-refractivity contribution is -0.131. The van der Waals surface area contributed by atoms with Crippen molar-refractivity contribution in [2.45, 2.75) is 44.8 Å². The van der Waals surface area contributed by atoms with Crippen LogP contribution in [0.3, 0.4) is 0 Å². The number of likely N-dealkylation sites (tertiary alicyclic amines) is 2. The molecule has 0 bridgehead atoms. The van der Waals surface area contributed by atoms with Gasteiger partial charge in [-0.05, 0) is 54.3 Å². The average Bonchev–Trinajstić information content (AvgIpc) is 3.26. The highest BCUT2D eigenvalue weighted by Gasteiger charge is 2.44. The Morgan fingerprint density at radius 1 is 1.26 bits per heavy atom. The molecule has 122 valence electrons. The van der Waals surface area contributed by atoms with Gasteiger partial charge in [0, 0.05) is 25.2 Å². The van der Waals surface area contributed by atoms with Crippen molar-refractivity contribution in [3.8, 4) is 0 Å². The molecule has 2 aromatic rings. The number of hydrogen-bond acceptors (Lipinski definition) is 4. The van der Waals surface area contributed by atoms with Crippen LogP contribution in [0.25, 0.3) is 0 Å². The summed E-state index contributed by atoms with van der Waals surface area (Å²) in [6, 6.07) is 7.02. The predicted octanol–water partition coefficient (Wildman–Crippen LogP) is 3.07. The topological polar surface area (TPSA) is 36.7 Å². The van der Waals surface area contributed by atoms with Gasteiger partial charge in [-0.25, -0.2) is 0 Å². The highest BCUT2D eigenvalue weighted by molar-refractivity contribution is 7.07. The van der Waals surface area contributed by atoms with Gasteiger partial charge in [0.1, 0.15) is 11.5 Å². The van der Waals surface area contributed by atoms with E-state index in [1.165, 1.54) is 0 Å². The third kappa shape index (κ3) is 2.95. The predicted molar refractivity (Wildman–Crippen MR) is 90.4 cm³/mol. The van der Waals surface area contributed by atoms with E-state index >= 15 is 0 Å². The Hall–Kier alpha value is -1.59. The van der Waals surface area contributed by atoms with E-state index in [4.69, 9.17) is 4.42 Å². The van der Waals surface area contributed by atoms with Crippen molar-refractivity contribution >= 4 is 17.2 Å². The maximum absolute atomic E-state index is 12.6. The molecule has 0 saturated carbocycles. The van der Waals surface area contributed by atoms with Crippen LogP contribution >= 0.6 is 11.3 Å². The first-order chi connectivity index (χ1) is 11.2. The zero-order chi connectivity index (χ0) is 15.8. The van der Waals surface area contributed by atoms with Crippen LogP contribution in [0, 0.1) is 6.92 Å². The fourth-order valence-electron chi connectivity index (χ4n) is 4.02. The Bertz CT molecular complexity index is 679. The van der Waals surface area contributed by atoms with E-state index in [0.717, 1.165) is 49.6 Å². The van der Waals surface area contributed by atoms with Gasteiger partial charge in [0.15, 0.2) is 0 Å². The third-order valence-electron chi connectivity index (χ3n) is 5.10. The van der Waals surface area contributed by atoms with Gasteiger partial charge in [0.25, 0.3) is 0 Å². The molecule has 23 heavy (non-hydrogen) atoms. The summed E-state index contributed by atoms with van der Waals surface area (Å²) in [5, 5.41) is 4.11. The minimum Gasteiger partial charge on any atom is -0.465 e. The quantitative estimate of drug-likeness (QED) is 0.864. The van der Waals surface area contributed by atoms with E-state index in [-0.39, 0.29) is 5.91 Å². The van der Waals surface area contributed by atoms with Gasteiger partial charge in [-0.2, -0.15) is 11.3 Å². The second-order valence-corrected chi connectivity index (χ2v) is 7.37. The summed E-state index contributed by atoms with van der Waals surface area (Å²) in [6.45, 7) is 4.79. The van der Waals surface area contributed by atoms with Crippen molar-refractivity contribution in [1.29, 1.82) is 0 Å². The fourth-order valence-corrected chi connectivity index (χ4v) is 4.69. The summed E-state index contributed by atoms with van der Waals surface area (Å²) < 4.78 is 5.72. The van der Waals surface area contributed by atoms with Crippen molar-refractivity contribution in [1.82, 2.24) is 9.80 Å². The largest absolute Gasteiger partial charge is 0.465 e. The minimum atomic E-state index is 0.284. The van der Waals surface area contributed by atoms with Crippen LogP contribution in [0.5, 0.6) is 0 Å². The molecule has 2 atom stereocenters. The lowest BCUT2D eigenvalue weighted by Crippen LogP contribution is -2.40. The maximum Gasteiger partial charge on any atom is 0.227 e. The maximum atomic E-state index is 12.6. The number of furan rings is 1. The van der Waals surface area contributed by atoms with E-state index in [1.807, 2.05) is 18.4 Å². The second-order valence-electron chi connectivity index (χ2n) is 6.59. The summed E-state index contributed by atoms with van der Waals surface area (Å²) in [6.07, 6.45) is 2.71. The molecule has 0 radical (unpaired) electrons. The fraction of sp³-hybridized carbons (Fsp3) is 0.500. The van der Waals surface area contributed by atoms with E-state index in [2.05, 4.69) is 27.3 Å². The SMILES string of the molecule is Cc1ccc(CN2CC[C@@H]3[C@@H]2CCN3C(=O)Cc2ccsc2)o1. The highest BCUT2D eigenvalue weighted by Crippen LogP contribution is 2.33. The van der Waals surface area contributed by atoms with Crippen molar-refractivity contribution in [2.75, 3.05) is 13.1 Å². The number of amides is 1. The first-order valence-electron chi connectivity index (χ1n) is 8.30. The first kappa shape index (κ1) is 15.0. The van der Waals surface area contributed by atoms with Gasteiger partial charge in [-0.15, -0.1) is 0 Å². The molecule has 4 nitrogen and oxygen atoms in total. The Balaban J connectivity index is 1.40. The Morgan fingerprint density at radius 2 is 2.13 bits per heavy atom. The third-order valence-corrected chi connectivity index (χ3v) is 5.83.